The van der Waals surface area contributed by atoms with Crippen molar-refractivity contribution in [2.24, 2.45) is 0 Å². The second-order valence-electron chi connectivity index (χ2n) is 4.08. The Kier molecular flexibility index (Phi) is 4.07. The molecule has 0 aliphatic carbocycles. The van der Waals surface area contributed by atoms with Crippen LogP contribution in [0.3, 0.4) is 0 Å². The number of nitrogens with one attached hydrogen (secondary N) is 1. The summed E-state index contributed by atoms with van der Waals surface area (Å²) >= 11 is 0. The number of hydrogen-bond acceptors (Lipinski definition) is 6. The molecule has 1 atom stereocenters. The van der Waals surface area contributed by atoms with E-state index in [1.165, 1.54) is 19.6 Å². The SMILES string of the molecule is COC(=O)c1cncnc1NC(C)Cn1ccnc1. The molecule has 0 radical (unpaired) electrons. The third-order valence-electron chi connectivity index (χ3n) is 2.54. The van der Waals surface area contributed by atoms with Crippen molar-refractivity contribution >= 4 is 11.8 Å². The van der Waals surface area contributed by atoms with Crippen LogP contribution in [0.5, 0.6) is 0 Å². The van der Waals surface area contributed by atoms with Crippen molar-refractivity contribution in [2.75, 3.05) is 12.4 Å². The Balaban J connectivity index is 2.08. The van der Waals surface area contributed by atoms with Gasteiger partial charge in [0, 0.05) is 31.2 Å². The van der Waals surface area contributed by atoms with E-state index in [4.69, 9.17) is 4.74 Å². The van der Waals surface area contributed by atoms with E-state index in [1.807, 2.05) is 17.7 Å². The van der Waals surface area contributed by atoms with Crippen molar-refractivity contribution in [2.45, 2.75) is 19.5 Å². The summed E-state index contributed by atoms with van der Waals surface area (Å²) in [6.07, 6.45) is 8.15. The molecule has 0 aliphatic rings. The third-order valence-corrected chi connectivity index (χ3v) is 2.54. The number of carbonyl (C=O) groups is 1. The first-order valence-corrected chi connectivity index (χ1v) is 5.81. The van der Waals surface area contributed by atoms with Crippen molar-refractivity contribution < 1.29 is 9.53 Å². The minimum Gasteiger partial charge on any atom is -0.465 e. The quantitative estimate of drug-likeness (QED) is 0.807. The number of anilines is 1. The summed E-state index contributed by atoms with van der Waals surface area (Å²) in [6.45, 7) is 2.70. The normalized spacial score (nSPS) is 11.9. The van der Waals surface area contributed by atoms with E-state index in [0.717, 1.165) is 0 Å². The summed E-state index contributed by atoms with van der Waals surface area (Å²) < 4.78 is 6.63. The molecule has 0 spiro atoms. The van der Waals surface area contributed by atoms with Crippen LogP contribution >= 0.6 is 0 Å². The van der Waals surface area contributed by atoms with Gasteiger partial charge < -0.3 is 14.6 Å². The largest absolute Gasteiger partial charge is 0.465 e. The second kappa shape index (κ2) is 5.94. The highest BCUT2D eigenvalue weighted by molar-refractivity contribution is 5.94. The van der Waals surface area contributed by atoms with Crippen LogP contribution in [0, 0.1) is 0 Å². The predicted molar refractivity (Wildman–Crippen MR) is 68.7 cm³/mol. The molecule has 1 unspecified atom stereocenters. The molecule has 100 valence electrons. The maximum atomic E-state index is 11.6. The summed E-state index contributed by atoms with van der Waals surface area (Å²) in [4.78, 5) is 23.5. The van der Waals surface area contributed by atoms with Crippen LogP contribution in [-0.2, 0) is 11.3 Å². The molecule has 2 rings (SSSR count). The summed E-state index contributed by atoms with van der Waals surface area (Å²) in [5, 5.41) is 3.16. The smallest absolute Gasteiger partial charge is 0.343 e. The van der Waals surface area contributed by atoms with E-state index in [1.54, 1.807) is 12.5 Å². The zero-order valence-corrected chi connectivity index (χ0v) is 10.8. The van der Waals surface area contributed by atoms with Gasteiger partial charge >= 0.3 is 5.97 Å². The summed E-state index contributed by atoms with van der Waals surface area (Å²) in [6, 6.07) is 0.0764. The Morgan fingerprint density at radius 3 is 3.05 bits per heavy atom. The van der Waals surface area contributed by atoms with Crippen LogP contribution in [-0.4, -0.2) is 38.6 Å². The van der Waals surface area contributed by atoms with Crippen LogP contribution in [0.25, 0.3) is 0 Å². The number of hydrogen-bond donors (Lipinski definition) is 1. The Bertz CT molecular complexity index is 541. The number of rotatable bonds is 5. The number of ether oxygens (including phenoxy) is 1. The van der Waals surface area contributed by atoms with Gasteiger partial charge in [0.15, 0.2) is 0 Å². The molecular formula is C12H15N5O2. The molecule has 1 N–H and O–H groups in total. The lowest BCUT2D eigenvalue weighted by Crippen LogP contribution is -2.23. The maximum absolute atomic E-state index is 11.6. The minimum absolute atomic E-state index is 0.0764. The van der Waals surface area contributed by atoms with Crippen LogP contribution in [0.2, 0.25) is 0 Å². The molecule has 7 nitrogen and oxygen atoms in total. The molecule has 0 fully saturated rings. The van der Waals surface area contributed by atoms with Gasteiger partial charge in [-0.3, -0.25) is 0 Å². The van der Waals surface area contributed by atoms with E-state index in [0.29, 0.717) is 17.9 Å². The highest BCUT2D eigenvalue weighted by Crippen LogP contribution is 2.13. The lowest BCUT2D eigenvalue weighted by atomic mass is 10.2. The average molecular weight is 261 g/mol. The van der Waals surface area contributed by atoms with E-state index >= 15 is 0 Å². The highest BCUT2D eigenvalue weighted by Gasteiger charge is 2.15. The number of imidazole rings is 1. The number of nitrogens with zero attached hydrogens (tertiary/aromatic N) is 4. The molecule has 0 aliphatic heterocycles. The van der Waals surface area contributed by atoms with Gasteiger partial charge in [-0.25, -0.2) is 19.7 Å². The van der Waals surface area contributed by atoms with Gasteiger partial charge in [-0.15, -0.1) is 0 Å². The van der Waals surface area contributed by atoms with Gasteiger partial charge in [-0.05, 0) is 6.92 Å². The number of aromatic nitrogens is 4. The molecule has 7 heteroatoms. The lowest BCUT2D eigenvalue weighted by Gasteiger charge is -2.16. The molecule has 2 aromatic rings. The Hall–Kier alpha value is -2.44. The van der Waals surface area contributed by atoms with E-state index in [-0.39, 0.29) is 6.04 Å². The fourth-order valence-corrected chi connectivity index (χ4v) is 1.69. The minimum atomic E-state index is -0.460. The Morgan fingerprint density at radius 2 is 2.37 bits per heavy atom. The van der Waals surface area contributed by atoms with Crippen molar-refractivity contribution in [1.29, 1.82) is 0 Å². The molecule has 2 aromatic heterocycles. The first kappa shape index (κ1) is 13.0. The van der Waals surface area contributed by atoms with Gasteiger partial charge in [0.05, 0.1) is 13.4 Å². The Labute approximate surface area is 110 Å². The zero-order chi connectivity index (χ0) is 13.7. The summed E-state index contributed by atoms with van der Waals surface area (Å²) in [5.41, 5.74) is 0.322. The number of methoxy groups -OCH3 is 1. The molecule has 2 heterocycles. The monoisotopic (exact) mass is 261 g/mol. The van der Waals surface area contributed by atoms with Crippen LogP contribution in [0.4, 0.5) is 5.82 Å². The lowest BCUT2D eigenvalue weighted by molar-refractivity contribution is 0.0601. The second-order valence-corrected chi connectivity index (χ2v) is 4.08. The van der Waals surface area contributed by atoms with E-state index in [2.05, 4.69) is 20.3 Å². The maximum Gasteiger partial charge on any atom is 0.343 e. The van der Waals surface area contributed by atoms with Gasteiger partial charge in [0.25, 0.3) is 0 Å². The van der Waals surface area contributed by atoms with Crippen LogP contribution < -0.4 is 5.32 Å². The molecular weight excluding hydrogens is 246 g/mol. The first-order valence-electron chi connectivity index (χ1n) is 5.81. The van der Waals surface area contributed by atoms with Gasteiger partial charge in [-0.2, -0.15) is 0 Å². The van der Waals surface area contributed by atoms with Gasteiger partial charge in [0.2, 0.25) is 0 Å². The van der Waals surface area contributed by atoms with Crippen molar-refractivity contribution in [1.82, 2.24) is 19.5 Å². The van der Waals surface area contributed by atoms with E-state index in [9.17, 15) is 4.79 Å². The number of esters is 1. The first-order chi connectivity index (χ1) is 9.20. The van der Waals surface area contributed by atoms with Crippen molar-refractivity contribution in [3.8, 4) is 0 Å². The van der Waals surface area contributed by atoms with E-state index < -0.39 is 5.97 Å². The summed E-state index contributed by atoms with van der Waals surface area (Å²) in [5.74, 6) is 0.00685. The number of carbonyl (C=O) groups excluding carboxylic acids is 1. The van der Waals surface area contributed by atoms with Crippen molar-refractivity contribution in [3.63, 3.8) is 0 Å². The fraction of sp³-hybridized carbons (Fsp3) is 0.333. The summed E-state index contributed by atoms with van der Waals surface area (Å²) in [7, 11) is 1.33. The average Bonchev–Trinajstić information content (AvgIpc) is 2.91. The molecule has 0 saturated carbocycles. The predicted octanol–water partition coefficient (Wildman–Crippen LogP) is 0.960. The third kappa shape index (κ3) is 3.27. The topological polar surface area (TPSA) is 81.9 Å². The molecule has 0 amide bonds. The van der Waals surface area contributed by atoms with Crippen LogP contribution in [0.15, 0.2) is 31.2 Å². The Morgan fingerprint density at radius 1 is 1.53 bits per heavy atom. The molecule has 0 bridgehead atoms. The van der Waals surface area contributed by atoms with Crippen molar-refractivity contribution in [3.05, 3.63) is 36.8 Å². The fourth-order valence-electron chi connectivity index (χ4n) is 1.69. The standard InChI is InChI=1S/C12H15N5O2/c1-9(6-17-4-3-13-8-17)16-11-10(12(18)19-2)5-14-7-15-11/h3-5,7-9H,6H2,1-2H3,(H,14,15,16). The van der Waals surface area contributed by atoms with Crippen LogP contribution in [0.1, 0.15) is 17.3 Å². The molecule has 19 heavy (non-hydrogen) atoms. The zero-order valence-electron chi connectivity index (χ0n) is 10.8. The van der Waals surface area contributed by atoms with Gasteiger partial charge in [0.1, 0.15) is 17.7 Å². The van der Waals surface area contributed by atoms with Gasteiger partial charge in [-0.1, -0.05) is 0 Å². The highest BCUT2D eigenvalue weighted by atomic mass is 16.5. The molecule has 0 saturated heterocycles. The molecule has 0 aromatic carbocycles.